The summed E-state index contributed by atoms with van der Waals surface area (Å²) in [6, 6.07) is 2.27. The fourth-order valence-electron chi connectivity index (χ4n) is 3.22. The molecular weight excluding hydrogens is 326 g/mol. The van der Waals surface area contributed by atoms with E-state index in [2.05, 4.69) is 14.9 Å². The van der Waals surface area contributed by atoms with Gasteiger partial charge in [0.25, 0.3) is 0 Å². The van der Waals surface area contributed by atoms with Crippen LogP contribution in [0.3, 0.4) is 0 Å². The molecule has 7 nitrogen and oxygen atoms in total. The zero-order valence-corrected chi connectivity index (χ0v) is 15.2. The van der Waals surface area contributed by atoms with Crippen molar-refractivity contribution in [1.29, 1.82) is 0 Å². The molecule has 0 saturated carbocycles. The van der Waals surface area contributed by atoms with Crippen molar-refractivity contribution >= 4 is 23.6 Å². The third-order valence-corrected chi connectivity index (χ3v) is 5.21. The minimum atomic E-state index is 0.109. The minimum absolute atomic E-state index is 0.109. The summed E-state index contributed by atoms with van der Waals surface area (Å²) in [5, 5.41) is 0.785. The van der Waals surface area contributed by atoms with Crippen LogP contribution in [-0.2, 0) is 4.74 Å². The van der Waals surface area contributed by atoms with E-state index in [1.54, 1.807) is 18.0 Å². The molecule has 0 radical (unpaired) electrons. The number of urea groups is 1. The number of aromatic nitrogens is 2. The van der Waals surface area contributed by atoms with Crippen LogP contribution in [0.25, 0.3) is 0 Å². The molecule has 2 aliphatic rings. The highest BCUT2D eigenvalue weighted by Gasteiger charge is 2.30. The van der Waals surface area contributed by atoms with Crippen LogP contribution in [0.5, 0.6) is 0 Å². The molecule has 132 valence electrons. The van der Waals surface area contributed by atoms with Gasteiger partial charge in [-0.25, -0.2) is 14.8 Å². The van der Waals surface area contributed by atoms with Crippen LogP contribution >= 0.6 is 11.8 Å². The molecule has 2 saturated heterocycles. The number of anilines is 1. The van der Waals surface area contributed by atoms with Crippen LogP contribution in [0.2, 0.25) is 0 Å². The van der Waals surface area contributed by atoms with Crippen molar-refractivity contribution < 1.29 is 9.53 Å². The van der Waals surface area contributed by atoms with Gasteiger partial charge in [0.2, 0.25) is 0 Å². The first-order valence-corrected chi connectivity index (χ1v) is 9.63. The van der Waals surface area contributed by atoms with Gasteiger partial charge in [-0.05, 0) is 25.2 Å². The van der Waals surface area contributed by atoms with E-state index in [0.29, 0.717) is 26.3 Å². The van der Waals surface area contributed by atoms with Gasteiger partial charge in [0, 0.05) is 39.4 Å². The topological polar surface area (TPSA) is 61.8 Å². The van der Waals surface area contributed by atoms with Crippen LogP contribution in [0.15, 0.2) is 17.4 Å². The number of morpholine rings is 1. The molecule has 2 aliphatic heterocycles. The highest BCUT2D eigenvalue weighted by molar-refractivity contribution is 7.98. The van der Waals surface area contributed by atoms with E-state index in [-0.39, 0.29) is 12.1 Å². The van der Waals surface area contributed by atoms with Gasteiger partial charge >= 0.3 is 6.03 Å². The molecule has 2 fully saturated rings. The van der Waals surface area contributed by atoms with Gasteiger partial charge in [-0.1, -0.05) is 11.8 Å². The number of piperidine rings is 1. The predicted octanol–water partition coefficient (Wildman–Crippen LogP) is 1.55. The van der Waals surface area contributed by atoms with Crippen LogP contribution in [0.1, 0.15) is 12.8 Å². The first-order chi connectivity index (χ1) is 11.7. The van der Waals surface area contributed by atoms with Crippen molar-refractivity contribution in [2.45, 2.75) is 24.0 Å². The Morgan fingerprint density at radius 3 is 2.92 bits per heavy atom. The van der Waals surface area contributed by atoms with Gasteiger partial charge in [-0.2, -0.15) is 0 Å². The largest absolute Gasteiger partial charge is 0.378 e. The summed E-state index contributed by atoms with van der Waals surface area (Å²) < 4.78 is 5.33. The Labute approximate surface area is 147 Å². The number of carbonyl (C=O) groups excluding carboxylic acids is 1. The maximum atomic E-state index is 12.7. The highest BCUT2D eigenvalue weighted by atomic mass is 32.2. The number of amides is 2. The van der Waals surface area contributed by atoms with Gasteiger partial charge in [-0.15, -0.1) is 0 Å². The number of nitrogens with zero attached hydrogens (tertiary/aromatic N) is 5. The Kier molecular flexibility index (Phi) is 5.78. The van der Waals surface area contributed by atoms with Gasteiger partial charge < -0.3 is 19.4 Å². The number of hydrogen-bond donors (Lipinski definition) is 0. The summed E-state index contributed by atoms with van der Waals surface area (Å²) in [6.45, 7) is 4.42. The molecule has 0 aliphatic carbocycles. The molecule has 1 aromatic heterocycles. The molecule has 2 amide bonds. The second-order valence-corrected chi connectivity index (χ2v) is 6.91. The third-order valence-electron chi connectivity index (χ3n) is 4.65. The van der Waals surface area contributed by atoms with E-state index in [0.717, 1.165) is 36.9 Å². The first kappa shape index (κ1) is 17.3. The van der Waals surface area contributed by atoms with E-state index in [4.69, 9.17) is 4.74 Å². The third kappa shape index (κ3) is 3.92. The zero-order valence-electron chi connectivity index (χ0n) is 14.3. The second-order valence-electron chi connectivity index (χ2n) is 6.14. The monoisotopic (exact) mass is 351 g/mol. The molecule has 3 heterocycles. The summed E-state index contributed by atoms with van der Waals surface area (Å²) >= 11 is 1.55. The fourth-order valence-corrected chi connectivity index (χ4v) is 3.57. The molecule has 0 N–H and O–H groups in total. The van der Waals surface area contributed by atoms with Crippen molar-refractivity contribution in [3.63, 3.8) is 0 Å². The lowest BCUT2D eigenvalue weighted by Crippen LogP contribution is -2.54. The summed E-state index contributed by atoms with van der Waals surface area (Å²) in [5.41, 5.74) is 0. The number of likely N-dealkylation sites (N-methyl/N-ethyl adjacent to an activating group) is 1. The average molecular weight is 351 g/mol. The van der Waals surface area contributed by atoms with Crippen molar-refractivity contribution in [2.75, 3.05) is 57.6 Å². The predicted molar refractivity (Wildman–Crippen MR) is 94.6 cm³/mol. The van der Waals surface area contributed by atoms with Crippen LogP contribution < -0.4 is 4.90 Å². The number of rotatable bonds is 3. The van der Waals surface area contributed by atoms with Gasteiger partial charge in [0.05, 0.1) is 19.3 Å². The molecular formula is C16H25N5O2S. The molecule has 3 rings (SSSR count). The van der Waals surface area contributed by atoms with Crippen LogP contribution in [-0.4, -0.2) is 84.5 Å². The highest BCUT2D eigenvalue weighted by Crippen LogP contribution is 2.22. The molecule has 24 heavy (non-hydrogen) atoms. The lowest BCUT2D eigenvalue weighted by atomic mass is 10.0. The number of thioether (sulfide) groups is 1. The summed E-state index contributed by atoms with van der Waals surface area (Å²) in [6.07, 6.45) is 5.88. The fraction of sp³-hybridized carbons (Fsp3) is 0.688. The lowest BCUT2D eigenvalue weighted by Gasteiger charge is -2.40. The summed E-state index contributed by atoms with van der Waals surface area (Å²) in [7, 11) is 1.92. The van der Waals surface area contributed by atoms with E-state index in [1.807, 2.05) is 29.2 Å². The number of hydrogen-bond acceptors (Lipinski definition) is 6. The van der Waals surface area contributed by atoms with E-state index in [9.17, 15) is 4.79 Å². The Morgan fingerprint density at radius 2 is 2.17 bits per heavy atom. The number of carbonyl (C=O) groups is 1. The SMILES string of the molecule is CSc1nccc(N2CCCC(N(C)C(=O)N3CCOCC3)C2)n1. The van der Waals surface area contributed by atoms with Crippen molar-refractivity contribution in [2.24, 2.45) is 0 Å². The van der Waals surface area contributed by atoms with Gasteiger partial charge in [-0.3, -0.25) is 0 Å². The Hall–Kier alpha value is -1.54. The standard InChI is InChI=1S/C16H25N5O2S/c1-19(16(22)20-8-10-23-11-9-20)13-4-3-7-21(12-13)14-5-6-17-15(18-14)24-2/h5-6,13H,3-4,7-12H2,1-2H3. The Bertz CT molecular complexity index is 567. The molecule has 8 heteroatoms. The summed E-state index contributed by atoms with van der Waals surface area (Å²) in [5.74, 6) is 0.950. The molecule has 1 unspecified atom stereocenters. The zero-order chi connectivity index (χ0) is 16.9. The van der Waals surface area contributed by atoms with Crippen molar-refractivity contribution in [1.82, 2.24) is 19.8 Å². The maximum absolute atomic E-state index is 12.7. The maximum Gasteiger partial charge on any atom is 0.320 e. The molecule has 0 bridgehead atoms. The first-order valence-electron chi connectivity index (χ1n) is 8.40. The van der Waals surface area contributed by atoms with Crippen molar-refractivity contribution in [3.05, 3.63) is 12.3 Å². The normalized spacial score (nSPS) is 21.7. The average Bonchev–Trinajstić information content (AvgIpc) is 2.67. The lowest BCUT2D eigenvalue weighted by molar-refractivity contribution is 0.0414. The smallest absolute Gasteiger partial charge is 0.320 e. The molecule has 0 spiro atoms. The quantitative estimate of drug-likeness (QED) is 0.608. The van der Waals surface area contributed by atoms with Gasteiger partial charge in [0.1, 0.15) is 5.82 Å². The molecule has 1 aromatic rings. The van der Waals surface area contributed by atoms with Gasteiger partial charge in [0.15, 0.2) is 5.16 Å². The second kappa shape index (κ2) is 8.02. The Balaban J connectivity index is 1.64. The van der Waals surface area contributed by atoms with E-state index in [1.165, 1.54) is 0 Å². The van der Waals surface area contributed by atoms with E-state index >= 15 is 0 Å². The van der Waals surface area contributed by atoms with Crippen LogP contribution in [0.4, 0.5) is 10.6 Å². The summed E-state index contributed by atoms with van der Waals surface area (Å²) in [4.78, 5) is 27.6. The van der Waals surface area contributed by atoms with Crippen LogP contribution in [0, 0.1) is 0 Å². The number of ether oxygens (including phenoxy) is 1. The van der Waals surface area contributed by atoms with Crippen molar-refractivity contribution in [3.8, 4) is 0 Å². The van der Waals surface area contributed by atoms with E-state index < -0.39 is 0 Å². The molecule has 0 aromatic carbocycles. The Morgan fingerprint density at radius 1 is 1.38 bits per heavy atom. The molecule has 1 atom stereocenters. The minimum Gasteiger partial charge on any atom is -0.378 e.